The van der Waals surface area contributed by atoms with Crippen LogP contribution in [0.25, 0.3) is 26.1 Å². The van der Waals surface area contributed by atoms with Gasteiger partial charge in [0.2, 0.25) is 0 Å². The zero-order valence-electron chi connectivity index (χ0n) is 15.7. The molecule has 3 aromatic heterocycles. The third-order valence-electron chi connectivity index (χ3n) is 4.81. The highest BCUT2D eigenvalue weighted by Crippen LogP contribution is 2.35. The number of benzene rings is 1. The molecule has 0 spiro atoms. The summed E-state index contributed by atoms with van der Waals surface area (Å²) >= 11 is 1.39. The second-order valence-electron chi connectivity index (χ2n) is 6.38. The maximum absolute atomic E-state index is 13.2. The average molecular weight is 380 g/mol. The second kappa shape index (κ2) is 6.66. The Morgan fingerprint density at radius 2 is 2.07 bits per heavy atom. The van der Waals surface area contributed by atoms with E-state index in [-0.39, 0.29) is 5.56 Å². The number of nitrogens with zero attached hydrogens (tertiary/aromatic N) is 4. The normalized spacial score (nSPS) is 11.3. The van der Waals surface area contributed by atoms with E-state index >= 15 is 0 Å². The largest absolute Gasteiger partial charge is 0.497 e. The van der Waals surface area contributed by atoms with Gasteiger partial charge < -0.3 is 9.64 Å². The molecule has 6 nitrogen and oxygen atoms in total. The van der Waals surface area contributed by atoms with Gasteiger partial charge in [0.15, 0.2) is 0 Å². The molecule has 4 aromatic rings. The van der Waals surface area contributed by atoms with E-state index in [1.54, 1.807) is 24.2 Å². The lowest BCUT2D eigenvalue weighted by Crippen LogP contribution is -2.19. The van der Waals surface area contributed by atoms with Crippen LogP contribution in [-0.2, 0) is 0 Å². The second-order valence-corrected chi connectivity index (χ2v) is 7.38. The maximum Gasteiger partial charge on any atom is 0.275 e. The van der Waals surface area contributed by atoms with E-state index in [2.05, 4.69) is 21.8 Å². The molecule has 0 saturated carbocycles. The molecule has 138 valence electrons. The molecule has 0 N–H and O–H groups in total. The Morgan fingerprint density at radius 1 is 1.26 bits per heavy atom. The molecule has 4 rings (SSSR count). The van der Waals surface area contributed by atoms with Crippen molar-refractivity contribution in [3.05, 3.63) is 52.7 Å². The van der Waals surface area contributed by atoms with E-state index in [1.165, 1.54) is 11.3 Å². The van der Waals surface area contributed by atoms with Crippen molar-refractivity contribution in [2.45, 2.75) is 13.8 Å². The summed E-state index contributed by atoms with van der Waals surface area (Å²) in [4.78, 5) is 25.3. The smallest absolute Gasteiger partial charge is 0.275 e. The van der Waals surface area contributed by atoms with Crippen LogP contribution in [0.4, 0.5) is 5.69 Å². The van der Waals surface area contributed by atoms with Crippen molar-refractivity contribution in [2.24, 2.45) is 0 Å². The number of anilines is 1. The Bertz CT molecular complexity index is 1210. The number of methoxy groups -OCH3 is 1. The van der Waals surface area contributed by atoms with Gasteiger partial charge in [0.05, 0.1) is 23.9 Å². The number of pyridine rings is 1. The Labute approximate surface area is 160 Å². The maximum atomic E-state index is 13.2. The molecule has 0 amide bonds. The Kier molecular flexibility index (Phi) is 4.31. The zero-order valence-corrected chi connectivity index (χ0v) is 16.5. The van der Waals surface area contributed by atoms with Crippen molar-refractivity contribution >= 4 is 37.5 Å². The molecule has 7 heteroatoms. The van der Waals surface area contributed by atoms with Gasteiger partial charge in [-0.2, -0.15) is 0 Å². The lowest BCUT2D eigenvalue weighted by Gasteiger charge is -2.17. The fourth-order valence-corrected chi connectivity index (χ4v) is 4.27. The summed E-state index contributed by atoms with van der Waals surface area (Å²) in [6, 6.07) is 7.61. The predicted molar refractivity (Wildman–Crippen MR) is 111 cm³/mol. The van der Waals surface area contributed by atoms with Gasteiger partial charge in [-0.1, -0.05) is 0 Å². The van der Waals surface area contributed by atoms with E-state index in [0.29, 0.717) is 10.2 Å². The van der Waals surface area contributed by atoms with Gasteiger partial charge in [0.1, 0.15) is 27.1 Å². The number of ether oxygens (including phenoxy) is 1. The van der Waals surface area contributed by atoms with E-state index in [9.17, 15) is 4.79 Å². The fourth-order valence-electron chi connectivity index (χ4n) is 3.22. The molecule has 27 heavy (non-hydrogen) atoms. The first-order valence-corrected chi connectivity index (χ1v) is 9.51. The standard InChI is InChI=1S/C20H20N4O2S/c1-5-23(3)15-8-9-21-19-16(15)17-18(27-19)20(25)24(11-22-17)14-7-6-13(26-4)10-12(14)2/h6-11H,5H2,1-4H3. The first-order valence-electron chi connectivity index (χ1n) is 8.70. The minimum atomic E-state index is -0.0821. The number of rotatable bonds is 4. The molecular formula is C20H20N4O2S. The molecule has 0 fully saturated rings. The molecule has 0 aliphatic carbocycles. The van der Waals surface area contributed by atoms with Crippen LogP contribution in [0.15, 0.2) is 41.6 Å². The van der Waals surface area contributed by atoms with Crippen LogP contribution in [0, 0.1) is 6.92 Å². The summed E-state index contributed by atoms with van der Waals surface area (Å²) in [6.45, 7) is 4.90. The topological polar surface area (TPSA) is 60.2 Å². The highest BCUT2D eigenvalue weighted by atomic mass is 32.1. The fraction of sp³-hybridized carbons (Fsp3) is 0.250. The first kappa shape index (κ1) is 17.5. The molecular weight excluding hydrogens is 360 g/mol. The van der Waals surface area contributed by atoms with E-state index in [1.807, 2.05) is 38.2 Å². The van der Waals surface area contributed by atoms with Crippen molar-refractivity contribution in [3.8, 4) is 11.4 Å². The highest BCUT2D eigenvalue weighted by Gasteiger charge is 2.18. The summed E-state index contributed by atoms with van der Waals surface area (Å²) in [5, 5.41) is 0.942. The zero-order chi connectivity index (χ0) is 19.1. The van der Waals surface area contributed by atoms with Crippen molar-refractivity contribution in [2.75, 3.05) is 25.6 Å². The SMILES string of the molecule is CCN(C)c1ccnc2sc3c(=O)n(-c4ccc(OC)cc4C)cnc3c12. The monoisotopic (exact) mass is 380 g/mol. The van der Waals surface area contributed by atoms with E-state index in [0.717, 1.165) is 39.4 Å². The summed E-state index contributed by atoms with van der Waals surface area (Å²) < 4.78 is 7.47. The molecule has 1 aromatic carbocycles. The molecule has 0 atom stereocenters. The molecule has 0 unspecified atom stereocenters. The van der Waals surface area contributed by atoms with Crippen LogP contribution < -0.4 is 15.2 Å². The summed E-state index contributed by atoms with van der Waals surface area (Å²) in [6.07, 6.45) is 3.39. The molecule has 0 radical (unpaired) electrons. The third-order valence-corrected chi connectivity index (χ3v) is 5.88. The number of fused-ring (bicyclic) bond motifs is 3. The van der Waals surface area contributed by atoms with Crippen LogP contribution in [0.2, 0.25) is 0 Å². The van der Waals surface area contributed by atoms with E-state index in [4.69, 9.17) is 4.74 Å². The lowest BCUT2D eigenvalue weighted by atomic mass is 10.2. The Hall–Kier alpha value is -2.93. The number of hydrogen-bond donors (Lipinski definition) is 0. The summed E-state index contributed by atoms with van der Waals surface area (Å²) in [5.74, 6) is 0.761. The van der Waals surface area contributed by atoms with Gasteiger partial charge >= 0.3 is 0 Å². The first-order chi connectivity index (χ1) is 13.0. The molecule has 0 aliphatic heterocycles. The van der Waals surface area contributed by atoms with Crippen molar-refractivity contribution in [1.29, 1.82) is 0 Å². The summed E-state index contributed by atoms with van der Waals surface area (Å²) in [7, 11) is 3.66. The minimum absolute atomic E-state index is 0.0821. The van der Waals surface area contributed by atoms with Gasteiger partial charge in [-0.15, -0.1) is 11.3 Å². The number of hydrogen-bond acceptors (Lipinski definition) is 6. The predicted octanol–water partition coefficient (Wildman–Crippen LogP) is 3.77. The minimum Gasteiger partial charge on any atom is -0.497 e. The lowest BCUT2D eigenvalue weighted by molar-refractivity contribution is 0.414. The Balaban J connectivity index is 1.99. The quantitative estimate of drug-likeness (QED) is 0.539. The number of aryl methyl sites for hydroxylation is 1. The van der Waals surface area contributed by atoms with Crippen LogP contribution in [0.5, 0.6) is 5.75 Å². The van der Waals surface area contributed by atoms with Gasteiger partial charge in [-0.3, -0.25) is 9.36 Å². The van der Waals surface area contributed by atoms with Crippen LogP contribution in [0.1, 0.15) is 12.5 Å². The van der Waals surface area contributed by atoms with Gasteiger partial charge in [0.25, 0.3) is 5.56 Å². The number of aromatic nitrogens is 3. The van der Waals surface area contributed by atoms with Crippen LogP contribution >= 0.6 is 11.3 Å². The third kappa shape index (κ3) is 2.75. The van der Waals surface area contributed by atoms with Gasteiger partial charge in [-0.05, 0) is 43.7 Å². The van der Waals surface area contributed by atoms with Crippen molar-refractivity contribution in [1.82, 2.24) is 14.5 Å². The van der Waals surface area contributed by atoms with Crippen LogP contribution in [-0.4, -0.2) is 35.2 Å². The number of thiophene rings is 1. The van der Waals surface area contributed by atoms with Crippen molar-refractivity contribution in [3.63, 3.8) is 0 Å². The molecule has 3 heterocycles. The molecule has 0 aliphatic rings. The van der Waals surface area contributed by atoms with E-state index < -0.39 is 0 Å². The summed E-state index contributed by atoms with van der Waals surface area (Å²) in [5.41, 5.74) is 3.42. The van der Waals surface area contributed by atoms with Crippen LogP contribution in [0.3, 0.4) is 0 Å². The average Bonchev–Trinajstić information content (AvgIpc) is 3.07. The highest BCUT2D eigenvalue weighted by molar-refractivity contribution is 7.25. The van der Waals surface area contributed by atoms with Crippen molar-refractivity contribution < 1.29 is 4.74 Å². The van der Waals surface area contributed by atoms with Gasteiger partial charge in [0, 0.05) is 19.8 Å². The molecule has 0 bridgehead atoms. The Morgan fingerprint density at radius 3 is 2.78 bits per heavy atom. The van der Waals surface area contributed by atoms with Gasteiger partial charge in [-0.25, -0.2) is 9.97 Å². The molecule has 0 saturated heterocycles.